The first-order valence-corrected chi connectivity index (χ1v) is 16.5. The first-order chi connectivity index (χ1) is 21.7. The molecule has 0 aliphatic heterocycles. The molecule has 0 heterocycles. The Balaban J connectivity index is 5.34. The molecule has 14 nitrogen and oxygen atoms in total. The minimum atomic E-state index is -0.986. The zero-order chi connectivity index (χ0) is 36.8. The Bertz CT molecular complexity index is 1080. The van der Waals surface area contributed by atoms with Crippen molar-refractivity contribution >= 4 is 41.9 Å². The number of nitrogens with zero attached hydrogens (tertiary/aromatic N) is 4. The van der Waals surface area contributed by atoms with Crippen molar-refractivity contribution in [2.75, 3.05) is 41.3 Å². The largest absolute Gasteiger partial charge is 0.347 e. The number of amides is 7. The normalized spacial score (nSPS) is 15.0. The van der Waals surface area contributed by atoms with E-state index < -0.39 is 60.2 Å². The first-order valence-electron chi connectivity index (χ1n) is 16.5. The van der Waals surface area contributed by atoms with Crippen LogP contribution in [-0.2, 0) is 33.6 Å². The molecule has 6 atom stereocenters. The molecule has 0 saturated heterocycles. The third-order valence-electron chi connectivity index (χ3n) is 8.70. The Kier molecular flexibility index (Phi) is 18.9. The Morgan fingerprint density at radius 3 is 1.72 bits per heavy atom. The van der Waals surface area contributed by atoms with Crippen LogP contribution in [0.5, 0.6) is 0 Å². The van der Waals surface area contributed by atoms with E-state index in [1.807, 2.05) is 34.6 Å². The second kappa shape index (κ2) is 20.5. The van der Waals surface area contributed by atoms with E-state index in [1.165, 1.54) is 49.7 Å². The fourth-order valence-electron chi connectivity index (χ4n) is 5.00. The average Bonchev–Trinajstić information content (AvgIpc) is 3.01. The van der Waals surface area contributed by atoms with Gasteiger partial charge in [-0.05, 0) is 51.4 Å². The van der Waals surface area contributed by atoms with Crippen LogP contribution in [0.4, 0.5) is 0 Å². The molecule has 0 aromatic heterocycles. The lowest BCUT2D eigenvalue weighted by Crippen LogP contribution is -2.57. The van der Waals surface area contributed by atoms with E-state index in [2.05, 4.69) is 29.8 Å². The zero-order valence-corrected chi connectivity index (χ0v) is 30.9. The van der Waals surface area contributed by atoms with E-state index >= 15 is 0 Å². The summed E-state index contributed by atoms with van der Waals surface area (Å²) < 4.78 is 0. The first kappa shape index (κ1) is 43.3. The maximum absolute atomic E-state index is 13.4. The molecule has 0 aliphatic rings. The molecule has 3 N–H and O–H groups in total. The van der Waals surface area contributed by atoms with E-state index in [0.29, 0.717) is 25.2 Å². The number of carbonyl (C=O) groups excluding carboxylic acids is 7. The van der Waals surface area contributed by atoms with Crippen LogP contribution in [0.2, 0.25) is 0 Å². The van der Waals surface area contributed by atoms with E-state index in [-0.39, 0.29) is 30.3 Å². The van der Waals surface area contributed by atoms with Crippen LogP contribution in [0.15, 0.2) is 0 Å². The van der Waals surface area contributed by atoms with E-state index in [4.69, 9.17) is 0 Å². The summed E-state index contributed by atoms with van der Waals surface area (Å²) in [5.74, 6) is -2.47. The van der Waals surface area contributed by atoms with Gasteiger partial charge in [-0.2, -0.15) is 0 Å². The van der Waals surface area contributed by atoms with Crippen LogP contribution in [0.25, 0.3) is 0 Å². The molecule has 0 aromatic carbocycles. The van der Waals surface area contributed by atoms with Gasteiger partial charge in [-0.25, -0.2) is 0 Å². The summed E-state index contributed by atoms with van der Waals surface area (Å²) in [6.45, 7) is 16.1. The Hall–Kier alpha value is -3.71. The van der Waals surface area contributed by atoms with Crippen molar-refractivity contribution in [2.24, 2.45) is 17.8 Å². The molecule has 0 bridgehead atoms. The van der Waals surface area contributed by atoms with Crippen molar-refractivity contribution in [3.63, 3.8) is 0 Å². The molecule has 0 aromatic rings. The van der Waals surface area contributed by atoms with E-state index in [1.54, 1.807) is 11.9 Å². The van der Waals surface area contributed by atoms with E-state index in [9.17, 15) is 33.6 Å². The fourth-order valence-corrected chi connectivity index (χ4v) is 5.00. The molecule has 7 amide bonds. The lowest BCUT2D eigenvalue weighted by Gasteiger charge is -2.33. The van der Waals surface area contributed by atoms with Crippen molar-refractivity contribution < 1.29 is 33.6 Å². The van der Waals surface area contributed by atoms with Gasteiger partial charge in [0.05, 0.1) is 13.1 Å². The van der Waals surface area contributed by atoms with Crippen molar-refractivity contribution in [1.82, 2.24) is 35.6 Å². The van der Waals surface area contributed by atoms with Crippen molar-refractivity contribution in [3.8, 4) is 0 Å². The van der Waals surface area contributed by atoms with Gasteiger partial charge in [0.1, 0.15) is 24.2 Å². The summed E-state index contributed by atoms with van der Waals surface area (Å²) in [7, 11) is 6.12. The Morgan fingerprint density at radius 1 is 0.702 bits per heavy atom. The van der Waals surface area contributed by atoms with Crippen LogP contribution in [0.3, 0.4) is 0 Å². The van der Waals surface area contributed by atoms with Crippen LogP contribution < -0.4 is 16.0 Å². The zero-order valence-electron chi connectivity index (χ0n) is 30.9. The summed E-state index contributed by atoms with van der Waals surface area (Å²) >= 11 is 0. The lowest BCUT2D eigenvalue weighted by atomic mass is 9.97. The van der Waals surface area contributed by atoms with E-state index in [0.717, 1.165) is 6.42 Å². The molecule has 0 saturated carbocycles. The molecular weight excluding hydrogens is 606 g/mol. The maximum atomic E-state index is 13.4. The second-order valence-electron chi connectivity index (χ2n) is 13.5. The number of rotatable bonds is 20. The highest BCUT2D eigenvalue weighted by Gasteiger charge is 2.34. The molecule has 270 valence electrons. The molecule has 0 spiro atoms. The maximum Gasteiger partial charge on any atom is 0.245 e. The topological polar surface area (TPSA) is 169 Å². The van der Waals surface area contributed by atoms with Gasteiger partial charge < -0.3 is 35.6 Å². The molecule has 0 rings (SSSR count). The number of hydrogen-bond acceptors (Lipinski definition) is 7. The summed E-state index contributed by atoms with van der Waals surface area (Å²) in [4.78, 5) is 94.6. The number of nitrogens with one attached hydrogen (secondary N) is 3. The Morgan fingerprint density at radius 2 is 1.23 bits per heavy atom. The fraction of sp³-hybridized carbons (Fsp3) is 0.788. The number of carbonyl (C=O) groups is 7. The van der Waals surface area contributed by atoms with Crippen LogP contribution in [0.1, 0.15) is 81.6 Å². The highest BCUT2D eigenvalue weighted by atomic mass is 16.2. The molecule has 47 heavy (non-hydrogen) atoms. The highest BCUT2D eigenvalue weighted by Crippen LogP contribution is 2.14. The van der Waals surface area contributed by atoms with Gasteiger partial charge in [-0.15, -0.1) is 0 Å². The molecule has 14 heteroatoms. The summed E-state index contributed by atoms with van der Waals surface area (Å²) in [6.07, 6.45) is 2.26. The van der Waals surface area contributed by atoms with Crippen LogP contribution in [-0.4, -0.2) is 133 Å². The molecule has 0 fully saturated rings. The predicted molar refractivity (Wildman–Crippen MR) is 181 cm³/mol. The van der Waals surface area contributed by atoms with Gasteiger partial charge in [0.15, 0.2) is 0 Å². The van der Waals surface area contributed by atoms with Gasteiger partial charge in [-0.3, -0.25) is 33.6 Å². The predicted octanol–water partition coefficient (Wildman–Crippen LogP) is 0.839. The summed E-state index contributed by atoms with van der Waals surface area (Å²) in [5, 5.41) is 7.72. The number of hydrogen-bond donors (Lipinski definition) is 3. The number of likely N-dealkylation sites (N-methyl/N-ethyl adjacent to an activating group) is 4. The quantitative estimate of drug-likeness (QED) is 0.162. The smallest absolute Gasteiger partial charge is 0.245 e. The third-order valence-corrected chi connectivity index (χ3v) is 8.70. The van der Waals surface area contributed by atoms with Gasteiger partial charge in [0.2, 0.25) is 41.9 Å². The Labute approximate surface area is 281 Å². The molecule has 0 aliphatic carbocycles. The van der Waals surface area contributed by atoms with Crippen molar-refractivity contribution in [3.05, 3.63) is 0 Å². The summed E-state index contributed by atoms with van der Waals surface area (Å²) in [6, 6.07) is -3.61. The standard InChI is InChI=1S/C33H61N7O7/c1-14-22(6)29(33(47)37(10)18-28(43)38(11)23(7)15-20(2)3)36-27(42)17-34-30(44)24(8)39(12)31(45)25(9)40(13)32(46)26(35-19-41)16-21(4)5/h19-26,29H,14-18H2,1-13H3,(H,34,44)(H,35,41)(H,36,42)/t22?,23-,24?,25+,26?,29?/m1/s1. The summed E-state index contributed by atoms with van der Waals surface area (Å²) in [5.41, 5.74) is 0. The van der Waals surface area contributed by atoms with Crippen molar-refractivity contribution in [1.29, 1.82) is 0 Å². The second-order valence-corrected chi connectivity index (χ2v) is 13.5. The molecule has 0 radical (unpaired) electrons. The van der Waals surface area contributed by atoms with Gasteiger partial charge in [-0.1, -0.05) is 48.0 Å². The van der Waals surface area contributed by atoms with Crippen LogP contribution in [0, 0.1) is 17.8 Å². The van der Waals surface area contributed by atoms with Crippen molar-refractivity contribution in [2.45, 2.75) is 112 Å². The molecular formula is C33H61N7O7. The van der Waals surface area contributed by atoms with Gasteiger partial charge in [0.25, 0.3) is 0 Å². The van der Waals surface area contributed by atoms with Crippen LogP contribution >= 0.6 is 0 Å². The third kappa shape index (κ3) is 13.9. The average molecular weight is 668 g/mol. The monoisotopic (exact) mass is 667 g/mol. The molecule has 4 unspecified atom stereocenters. The lowest BCUT2D eigenvalue weighted by molar-refractivity contribution is -0.147. The van der Waals surface area contributed by atoms with Gasteiger partial charge >= 0.3 is 0 Å². The SMILES string of the molecule is CCC(C)C(NC(=O)CNC(=O)C(C)N(C)C(=O)[C@H](C)N(C)C(=O)C(CC(C)C)NC=O)C(=O)N(C)CC(=O)N(C)[C@H](C)CC(C)C. The highest BCUT2D eigenvalue weighted by molar-refractivity contribution is 5.95. The minimum Gasteiger partial charge on any atom is -0.347 e. The van der Waals surface area contributed by atoms with Gasteiger partial charge in [0, 0.05) is 34.2 Å². The minimum absolute atomic E-state index is 0.0100.